The fraction of sp³-hybridized carbons (Fsp3) is 0.467. The fourth-order valence-electron chi connectivity index (χ4n) is 3.36. The number of nitriles is 3. The van der Waals surface area contributed by atoms with E-state index in [-0.39, 0.29) is 5.76 Å². The zero-order valence-corrected chi connectivity index (χ0v) is 12.0. The third-order valence-electron chi connectivity index (χ3n) is 4.80. The Labute approximate surface area is 126 Å². The van der Waals surface area contributed by atoms with E-state index in [0.29, 0.717) is 0 Å². The molecule has 0 aromatic carbocycles. The van der Waals surface area contributed by atoms with Crippen LogP contribution in [0.4, 0.5) is 0 Å². The van der Waals surface area contributed by atoms with Gasteiger partial charge in [0.1, 0.15) is 11.9 Å². The normalized spacial score (nSPS) is 38.4. The quantitative estimate of drug-likeness (QED) is 0.846. The average Bonchev–Trinajstić information content (AvgIpc) is 3.03. The first kappa shape index (κ1) is 14.1. The molecule has 4 heterocycles. The summed E-state index contributed by atoms with van der Waals surface area (Å²) in [6.45, 7) is 3.18. The number of fused-ring (bicyclic) bond motifs is 3. The lowest BCUT2D eigenvalue weighted by Crippen LogP contribution is -2.71. The molecule has 0 amide bonds. The summed E-state index contributed by atoms with van der Waals surface area (Å²) in [5, 5.41) is 37.4. The number of rotatable bonds is 1. The summed E-state index contributed by atoms with van der Waals surface area (Å²) >= 11 is 0. The van der Waals surface area contributed by atoms with Crippen LogP contribution in [0.2, 0.25) is 0 Å². The molecule has 1 N–H and O–H groups in total. The van der Waals surface area contributed by atoms with Gasteiger partial charge in [-0.05, 0) is 12.1 Å². The van der Waals surface area contributed by atoms with Gasteiger partial charge in [0.05, 0.1) is 30.4 Å². The van der Waals surface area contributed by atoms with Gasteiger partial charge in [-0.2, -0.15) is 15.8 Å². The maximum Gasteiger partial charge on any atom is 0.215 e. The van der Waals surface area contributed by atoms with Crippen LogP contribution in [-0.4, -0.2) is 11.7 Å². The Kier molecular flexibility index (Phi) is 2.63. The minimum Gasteiger partial charge on any atom is -0.467 e. The molecule has 3 aliphatic rings. The van der Waals surface area contributed by atoms with E-state index in [0.717, 1.165) is 0 Å². The molecule has 110 valence electrons. The molecular weight excluding hydrogens is 284 g/mol. The first-order valence-electron chi connectivity index (χ1n) is 6.65. The van der Waals surface area contributed by atoms with Gasteiger partial charge in [-0.25, -0.2) is 0 Å². The van der Waals surface area contributed by atoms with E-state index >= 15 is 0 Å². The van der Waals surface area contributed by atoms with Crippen LogP contribution in [0.25, 0.3) is 0 Å². The molecule has 3 fully saturated rings. The molecule has 0 spiro atoms. The first-order chi connectivity index (χ1) is 10.4. The van der Waals surface area contributed by atoms with Crippen LogP contribution in [0.3, 0.4) is 0 Å². The van der Waals surface area contributed by atoms with Gasteiger partial charge < -0.3 is 13.9 Å². The van der Waals surface area contributed by atoms with Crippen LogP contribution in [0.15, 0.2) is 22.8 Å². The second kappa shape index (κ2) is 4.10. The van der Waals surface area contributed by atoms with E-state index in [1.165, 1.54) is 6.26 Å². The van der Waals surface area contributed by atoms with Crippen LogP contribution in [-0.2, 0) is 9.47 Å². The number of ether oxygens (including phenoxy) is 2. The van der Waals surface area contributed by atoms with Crippen LogP contribution in [0.1, 0.15) is 25.7 Å². The van der Waals surface area contributed by atoms with Crippen molar-refractivity contribution in [1.82, 2.24) is 0 Å². The molecule has 3 saturated heterocycles. The first-order valence-corrected chi connectivity index (χ1v) is 6.65. The Morgan fingerprint density at radius 2 is 1.91 bits per heavy atom. The predicted octanol–water partition coefficient (Wildman–Crippen LogP) is 2.25. The number of hydrogen-bond donors (Lipinski definition) is 1. The Hall–Kier alpha value is -2.82. The van der Waals surface area contributed by atoms with E-state index in [2.05, 4.69) is 0 Å². The van der Waals surface area contributed by atoms with E-state index in [1.807, 2.05) is 18.2 Å². The maximum atomic E-state index is 9.81. The summed E-state index contributed by atoms with van der Waals surface area (Å²) in [7, 11) is 0. The van der Waals surface area contributed by atoms with E-state index < -0.39 is 34.5 Å². The zero-order chi connectivity index (χ0) is 16.2. The number of hydrogen-bond acceptors (Lipinski definition) is 7. The lowest BCUT2D eigenvalue weighted by atomic mass is 9.51. The van der Waals surface area contributed by atoms with Crippen LogP contribution in [0.5, 0.6) is 0 Å². The van der Waals surface area contributed by atoms with Crippen LogP contribution in [0, 0.1) is 56.2 Å². The minimum absolute atomic E-state index is 0.280. The number of nitrogens with one attached hydrogen (secondary N) is 1. The van der Waals surface area contributed by atoms with Crippen molar-refractivity contribution < 1.29 is 13.9 Å². The molecule has 3 aliphatic heterocycles. The van der Waals surface area contributed by atoms with E-state index in [9.17, 15) is 15.8 Å². The van der Waals surface area contributed by atoms with Crippen LogP contribution >= 0.6 is 0 Å². The summed E-state index contributed by atoms with van der Waals surface area (Å²) in [4.78, 5) is 0. The van der Waals surface area contributed by atoms with Crippen molar-refractivity contribution in [3.05, 3.63) is 24.2 Å². The Bertz CT molecular complexity index is 752. The molecule has 0 saturated carbocycles. The molecule has 1 aromatic rings. The van der Waals surface area contributed by atoms with Crippen molar-refractivity contribution in [3.8, 4) is 18.2 Å². The Morgan fingerprint density at radius 3 is 2.41 bits per heavy atom. The van der Waals surface area contributed by atoms with E-state index in [4.69, 9.17) is 19.3 Å². The lowest BCUT2D eigenvalue weighted by molar-refractivity contribution is -0.341. The number of nitrogens with zero attached hydrogens (tertiary/aromatic N) is 3. The van der Waals surface area contributed by atoms with Gasteiger partial charge in [0.2, 0.25) is 11.7 Å². The van der Waals surface area contributed by atoms with Gasteiger partial charge in [0, 0.05) is 6.92 Å². The summed E-state index contributed by atoms with van der Waals surface area (Å²) < 4.78 is 16.6. The highest BCUT2D eigenvalue weighted by Gasteiger charge is 2.78. The smallest absolute Gasteiger partial charge is 0.215 e. The maximum absolute atomic E-state index is 9.81. The number of furan rings is 1. The van der Waals surface area contributed by atoms with Gasteiger partial charge in [-0.3, -0.25) is 5.41 Å². The topological polar surface area (TPSA) is 127 Å². The molecule has 7 heteroatoms. The summed E-state index contributed by atoms with van der Waals surface area (Å²) in [6.07, 6.45) is 0.345. The van der Waals surface area contributed by atoms with Crippen molar-refractivity contribution in [3.63, 3.8) is 0 Å². The SMILES string of the molecule is C[C@@H]1C(C#N)(C#N)[C@@]2(C#N)C(=N)O[C@@]1(C)O[C@@H]2c1ccco1. The highest BCUT2D eigenvalue weighted by molar-refractivity contribution is 5.88. The van der Waals surface area contributed by atoms with Crippen molar-refractivity contribution in [2.75, 3.05) is 0 Å². The van der Waals surface area contributed by atoms with Crippen LogP contribution < -0.4 is 0 Å². The molecule has 4 atom stereocenters. The summed E-state index contributed by atoms with van der Waals surface area (Å²) in [5.74, 6) is -2.25. The van der Waals surface area contributed by atoms with Gasteiger partial charge in [-0.1, -0.05) is 6.92 Å². The Balaban J connectivity index is 2.35. The molecule has 0 aliphatic carbocycles. The minimum atomic E-state index is -1.88. The molecule has 0 unspecified atom stereocenters. The average molecular weight is 296 g/mol. The molecule has 1 aromatic heterocycles. The van der Waals surface area contributed by atoms with Gasteiger partial charge in [-0.15, -0.1) is 0 Å². The van der Waals surface area contributed by atoms with Gasteiger partial charge in [0.15, 0.2) is 10.8 Å². The van der Waals surface area contributed by atoms with Crippen molar-refractivity contribution in [2.45, 2.75) is 25.7 Å². The van der Waals surface area contributed by atoms with E-state index in [1.54, 1.807) is 26.0 Å². The van der Waals surface area contributed by atoms with Gasteiger partial charge in [0.25, 0.3) is 0 Å². The zero-order valence-electron chi connectivity index (χ0n) is 12.0. The van der Waals surface area contributed by atoms with Gasteiger partial charge >= 0.3 is 0 Å². The highest BCUT2D eigenvalue weighted by atomic mass is 16.7. The molecule has 4 rings (SSSR count). The highest BCUT2D eigenvalue weighted by Crippen LogP contribution is 2.66. The third-order valence-corrected chi connectivity index (χ3v) is 4.80. The lowest BCUT2D eigenvalue weighted by Gasteiger charge is -2.60. The third kappa shape index (κ3) is 1.24. The summed E-state index contributed by atoms with van der Waals surface area (Å²) in [5.41, 5.74) is -3.66. The predicted molar refractivity (Wildman–Crippen MR) is 70.6 cm³/mol. The fourth-order valence-corrected chi connectivity index (χ4v) is 3.36. The second-order valence-electron chi connectivity index (χ2n) is 5.63. The van der Waals surface area contributed by atoms with Crippen molar-refractivity contribution >= 4 is 5.90 Å². The Morgan fingerprint density at radius 1 is 1.23 bits per heavy atom. The standard InChI is InChI=1S/C15H12N4O3/c1-9-13(2)21-11(10-4-3-5-20-10)15(8-18,12(19)22-13)14(9,6-16)7-17/h3-5,9,11,19H,1-2H3/t9-,11+,13+,15+/m0/s1. The second-order valence-corrected chi connectivity index (χ2v) is 5.63. The molecule has 0 radical (unpaired) electrons. The van der Waals surface area contributed by atoms with Crippen molar-refractivity contribution in [2.24, 2.45) is 16.7 Å². The summed E-state index contributed by atoms with van der Waals surface area (Å²) in [6, 6.07) is 9.08. The molecular formula is C15H12N4O3. The molecule has 22 heavy (non-hydrogen) atoms. The largest absolute Gasteiger partial charge is 0.467 e. The molecule has 7 nitrogen and oxygen atoms in total. The molecule has 2 bridgehead atoms. The van der Waals surface area contributed by atoms with Crippen molar-refractivity contribution in [1.29, 1.82) is 21.2 Å². The monoisotopic (exact) mass is 296 g/mol.